The van der Waals surface area contributed by atoms with Crippen molar-refractivity contribution in [3.8, 4) is 0 Å². The van der Waals surface area contributed by atoms with Crippen LogP contribution in [0.25, 0.3) is 0 Å². The molecule has 0 saturated heterocycles. The summed E-state index contributed by atoms with van der Waals surface area (Å²) in [5, 5.41) is 0.861. The summed E-state index contributed by atoms with van der Waals surface area (Å²) >= 11 is 13.2. The van der Waals surface area contributed by atoms with Crippen LogP contribution < -0.4 is 0 Å². The average Bonchev–Trinajstić information content (AvgIpc) is 2.92. The van der Waals surface area contributed by atoms with Gasteiger partial charge >= 0.3 is 5.97 Å². The maximum absolute atomic E-state index is 12.8. The van der Waals surface area contributed by atoms with Crippen molar-refractivity contribution in [1.29, 1.82) is 0 Å². The van der Waals surface area contributed by atoms with Gasteiger partial charge in [0, 0.05) is 23.8 Å². The first-order valence-electron chi connectivity index (χ1n) is 10.5. The third-order valence-corrected chi connectivity index (χ3v) is 9.36. The van der Waals surface area contributed by atoms with E-state index < -0.39 is 17.0 Å². The Balaban J connectivity index is 1.82. The van der Waals surface area contributed by atoms with Gasteiger partial charge in [-0.05, 0) is 67.8 Å². The minimum atomic E-state index is -1.06. The lowest BCUT2D eigenvalue weighted by atomic mass is 9.48. The van der Waals surface area contributed by atoms with Crippen molar-refractivity contribution < 1.29 is 19.1 Å². The van der Waals surface area contributed by atoms with Crippen molar-refractivity contribution in [1.82, 2.24) is 0 Å². The van der Waals surface area contributed by atoms with Crippen molar-refractivity contribution in [3.63, 3.8) is 0 Å². The van der Waals surface area contributed by atoms with Crippen molar-refractivity contribution in [2.24, 2.45) is 28.6 Å². The number of carbonyl (C=O) groups is 3. The largest absolute Gasteiger partial charge is 0.451 e. The monoisotopic (exact) mass is 438 g/mol. The summed E-state index contributed by atoms with van der Waals surface area (Å²) in [6.45, 7) is 7.22. The SMILES string of the molecule is CC(=O)OC1(C(C)=O)CCC2C3C=C(Cl)C4=C(Cl)C(=O)CCC4(C)C3CCC21C. The third kappa shape index (κ3) is 2.67. The highest BCUT2D eigenvalue weighted by Crippen LogP contribution is 2.68. The smallest absolute Gasteiger partial charge is 0.303 e. The molecule has 6 atom stereocenters. The maximum Gasteiger partial charge on any atom is 0.303 e. The zero-order chi connectivity index (χ0) is 21.4. The van der Waals surface area contributed by atoms with E-state index >= 15 is 0 Å². The van der Waals surface area contributed by atoms with E-state index in [-0.39, 0.29) is 33.8 Å². The van der Waals surface area contributed by atoms with E-state index in [4.69, 9.17) is 27.9 Å². The van der Waals surface area contributed by atoms with E-state index in [1.54, 1.807) is 6.92 Å². The fourth-order valence-corrected chi connectivity index (χ4v) is 8.15. The van der Waals surface area contributed by atoms with Gasteiger partial charge in [0.05, 0.1) is 5.03 Å². The third-order valence-electron chi connectivity index (χ3n) is 8.64. The molecule has 0 aromatic heterocycles. The Labute approximate surface area is 182 Å². The number of ether oxygens (including phenoxy) is 1. The van der Waals surface area contributed by atoms with Crippen LogP contribution in [0.15, 0.2) is 21.7 Å². The Bertz CT molecular complexity index is 874. The van der Waals surface area contributed by atoms with Crippen LogP contribution in [0.1, 0.15) is 66.2 Å². The molecule has 0 N–H and O–H groups in total. The number of hydrogen-bond donors (Lipinski definition) is 0. The molecule has 0 aromatic carbocycles. The summed E-state index contributed by atoms with van der Waals surface area (Å²) in [6.07, 6.45) is 6.30. The molecule has 6 unspecified atom stereocenters. The predicted octanol–water partition coefficient (Wildman–Crippen LogP) is 5.32. The van der Waals surface area contributed by atoms with Crippen LogP contribution in [-0.4, -0.2) is 23.1 Å². The first kappa shape index (κ1) is 21.1. The Morgan fingerprint density at radius 3 is 2.34 bits per heavy atom. The van der Waals surface area contributed by atoms with Gasteiger partial charge in [0.1, 0.15) is 0 Å². The molecule has 4 nitrogen and oxygen atoms in total. The zero-order valence-corrected chi connectivity index (χ0v) is 19.0. The number of Topliss-reactive ketones (excluding diaryl/α,β-unsaturated/α-hetero) is 2. The summed E-state index contributed by atoms with van der Waals surface area (Å²) in [6, 6.07) is 0. The molecule has 2 fully saturated rings. The van der Waals surface area contributed by atoms with Gasteiger partial charge < -0.3 is 4.74 Å². The molecule has 0 amide bonds. The van der Waals surface area contributed by atoms with E-state index in [1.165, 1.54) is 6.92 Å². The zero-order valence-electron chi connectivity index (χ0n) is 17.4. The van der Waals surface area contributed by atoms with Gasteiger partial charge in [-0.1, -0.05) is 43.1 Å². The Morgan fingerprint density at radius 2 is 1.72 bits per heavy atom. The lowest BCUT2D eigenvalue weighted by molar-refractivity contribution is -0.185. The number of fused-ring (bicyclic) bond motifs is 5. The van der Waals surface area contributed by atoms with Crippen LogP contribution in [-0.2, 0) is 19.1 Å². The first-order chi connectivity index (χ1) is 13.5. The molecule has 0 bridgehead atoms. The standard InChI is InChI=1S/C23H28Cl2O4/c1-12(26)23(29-13(2)27)10-6-16-14-11-17(24)19-20(25)18(28)7-8-21(19,3)15(14)5-9-22(16,23)4/h11,14-16H,5-10H2,1-4H3. The molecule has 0 aromatic rings. The minimum absolute atomic E-state index is 0.0314. The number of halogens is 2. The lowest BCUT2D eigenvalue weighted by Gasteiger charge is -2.57. The summed E-state index contributed by atoms with van der Waals surface area (Å²) in [5.41, 5.74) is -0.930. The van der Waals surface area contributed by atoms with Gasteiger partial charge in [0.2, 0.25) is 0 Å². The molecule has 4 aliphatic rings. The van der Waals surface area contributed by atoms with Crippen LogP contribution in [0.3, 0.4) is 0 Å². The summed E-state index contributed by atoms with van der Waals surface area (Å²) < 4.78 is 5.78. The molecule has 0 spiro atoms. The van der Waals surface area contributed by atoms with E-state index in [1.807, 2.05) is 0 Å². The number of rotatable bonds is 2. The molecule has 6 heteroatoms. The Kier molecular flexibility index (Phi) is 4.87. The van der Waals surface area contributed by atoms with Gasteiger partial charge in [0.15, 0.2) is 17.2 Å². The molecule has 158 valence electrons. The molecule has 0 aliphatic heterocycles. The van der Waals surface area contributed by atoms with E-state index in [9.17, 15) is 14.4 Å². The second-order valence-corrected chi connectivity index (χ2v) is 10.6. The second kappa shape index (κ2) is 6.68. The molecule has 4 rings (SSSR count). The number of hydrogen-bond acceptors (Lipinski definition) is 4. The summed E-state index contributed by atoms with van der Waals surface area (Å²) in [7, 11) is 0. The highest BCUT2D eigenvalue weighted by Gasteiger charge is 2.67. The maximum atomic E-state index is 12.8. The van der Waals surface area contributed by atoms with Gasteiger partial charge in [-0.2, -0.15) is 0 Å². The van der Waals surface area contributed by atoms with Crippen LogP contribution in [0.4, 0.5) is 0 Å². The minimum Gasteiger partial charge on any atom is -0.451 e. The van der Waals surface area contributed by atoms with Gasteiger partial charge in [-0.25, -0.2) is 0 Å². The normalized spacial score (nSPS) is 43.9. The van der Waals surface area contributed by atoms with Crippen molar-refractivity contribution in [2.45, 2.75) is 71.8 Å². The van der Waals surface area contributed by atoms with Crippen LogP contribution in [0.2, 0.25) is 0 Å². The molecule has 0 radical (unpaired) electrons. The van der Waals surface area contributed by atoms with Gasteiger partial charge in [0.25, 0.3) is 0 Å². The molecule has 2 saturated carbocycles. The van der Waals surface area contributed by atoms with E-state index in [0.717, 1.165) is 31.3 Å². The van der Waals surface area contributed by atoms with Crippen LogP contribution in [0, 0.1) is 28.6 Å². The molecule has 0 heterocycles. The predicted molar refractivity (Wildman–Crippen MR) is 111 cm³/mol. The van der Waals surface area contributed by atoms with Crippen LogP contribution >= 0.6 is 23.2 Å². The van der Waals surface area contributed by atoms with Crippen LogP contribution in [0.5, 0.6) is 0 Å². The number of carbonyl (C=O) groups excluding carboxylic acids is 3. The first-order valence-corrected chi connectivity index (χ1v) is 11.3. The van der Waals surface area contributed by atoms with Crippen molar-refractivity contribution in [3.05, 3.63) is 21.7 Å². The molecular formula is C23H28Cl2O4. The van der Waals surface area contributed by atoms with Gasteiger partial charge in [-0.3, -0.25) is 14.4 Å². The number of allylic oxidation sites excluding steroid dienone is 4. The lowest BCUT2D eigenvalue weighted by Crippen LogP contribution is -2.58. The second-order valence-electron chi connectivity index (χ2n) is 9.81. The van der Waals surface area contributed by atoms with Crippen molar-refractivity contribution >= 4 is 40.7 Å². The van der Waals surface area contributed by atoms with E-state index in [2.05, 4.69) is 19.9 Å². The van der Waals surface area contributed by atoms with Crippen molar-refractivity contribution in [2.75, 3.05) is 0 Å². The Morgan fingerprint density at radius 1 is 1.07 bits per heavy atom. The fourth-order valence-electron chi connectivity index (χ4n) is 7.23. The topological polar surface area (TPSA) is 60.4 Å². The molecule has 4 aliphatic carbocycles. The number of ketones is 2. The quantitative estimate of drug-likeness (QED) is 0.547. The number of esters is 1. The highest BCUT2D eigenvalue weighted by molar-refractivity contribution is 6.45. The fraction of sp³-hybridized carbons (Fsp3) is 0.696. The molecule has 29 heavy (non-hydrogen) atoms. The molecular weight excluding hydrogens is 411 g/mol. The van der Waals surface area contributed by atoms with E-state index in [0.29, 0.717) is 23.8 Å². The Hall–Kier alpha value is -1.13. The highest BCUT2D eigenvalue weighted by atomic mass is 35.5. The average molecular weight is 439 g/mol. The summed E-state index contributed by atoms with van der Waals surface area (Å²) in [5.74, 6) is 0.157. The van der Waals surface area contributed by atoms with Gasteiger partial charge in [-0.15, -0.1) is 0 Å². The summed E-state index contributed by atoms with van der Waals surface area (Å²) in [4.78, 5) is 36.9.